The van der Waals surface area contributed by atoms with Gasteiger partial charge in [-0.1, -0.05) is 24.3 Å². The van der Waals surface area contributed by atoms with E-state index in [-0.39, 0.29) is 5.91 Å². The zero-order chi connectivity index (χ0) is 20.1. The number of hydrogen-bond donors (Lipinski definition) is 0. The molecule has 0 spiro atoms. The molecule has 1 amide bonds. The molecule has 0 saturated carbocycles. The fraction of sp³-hybridized carbons (Fsp3) is 0.300. The molecule has 0 bridgehead atoms. The number of rotatable bonds is 7. The lowest BCUT2D eigenvalue weighted by Gasteiger charge is -2.20. The molecule has 0 saturated heterocycles. The molecule has 2 aromatic carbocycles. The van der Waals surface area contributed by atoms with E-state index in [0.717, 1.165) is 11.1 Å². The average Bonchev–Trinajstić information content (AvgIpc) is 3.15. The van der Waals surface area contributed by atoms with Crippen LogP contribution < -0.4 is 9.47 Å². The molecule has 0 N–H and O–H groups in total. The number of hydrogen-bond acceptors (Lipinski definition) is 6. The SMILES string of the molecule is CCOc1c(CN(C)C(=O)c2ccc(-c3nnn(C)n3)cc2)cccc1OC. The first-order valence-corrected chi connectivity index (χ1v) is 8.92. The zero-order valence-electron chi connectivity index (χ0n) is 16.4. The summed E-state index contributed by atoms with van der Waals surface area (Å²) < 4.78 is 11.1. The Labute approximate surface area is 163 Å². The Morgan fingerprint density at radius 3 is 2.54 bits per heavy atom. The van der Waals surface area contributed by atoms with Gasteiger partial charge in [-0.05, 0) is 30.3 Å². The maximum atomic E-state index is 12.8. The van der Waals surface area contributed by atoms with Crippen LogP contribution in [0, 0.1) is 0 Å². The summed E-state index contributed by atoms with van der Waals surface area (Å²) in [6.07, 6.45) is 0. The van der Waals surface area contributed by atoms with Gasteiger partial charge in [0, 0.05) is 30.3 Å². The number of nitrogens with zero attached hydrogens (tertiary/aromatic N) is 5. The Morgan fingerprint density at radius 2 is 1.93 bits per heavy atom. The number of aryl methyl sites for hydroxylation is 1. The van der Waals surface area contributed by atoms with Crippen molar-refractivity contribution in [2.75, 3.05) is 20.8 Å². The minimum atomic E-state index is -0.0936. The van der Waals surface area contributed by atoms with Crippen molar-refractivity contribution < 1.29 is 14.3 Å². The molecule has 0 radical (unpaired) electrons. The molecule has 0 aliphatic rings. The van der Waals surface area contributed by atoms with Gasteiger partial charge in [0.05, 0.1) is 20.8 Å². The van der Waals surface area contributed by atoms with Gasteiger partial charge in [-0.3, -0.25) is 4.79 Å². The summed E-state index contributed by atoms with van der Waals surface area (Å²) in [5.74, 6) is 1.74. The standard InChI is InChI=1S/C20H23N5O3/c1-5-28-18-16(7-6-8-17(18)27-4)13-24(2)20(26)15-11-9-14(10-12-15)19-21-23-25(3)22-19/h6-12H,5,13H2,1-4H3. The Balaban J connectivity index is 1.76. The fourth-order valence-electron chi connectivity index (χ4n) is 2.86. The lowest BCUT2D eigenvalue weighted by molar-refractivity contribution is 0.0784. The van der Waals surface area contributed by atoms with Gasteiger partial charge in [0.1, 0.15) is 0 Å². The van der Waals surface area contributed by atoms with Crippen LogP contribution in [0.15, 0.2) is 42.5 Å². The number of amides is 1. The minimum absolute atomic E-state index is 0.0936. The second-order valence-electron chi connectivity index (χ2n) is 6.22. The van der Waals surface area contributed by atoms with Crippen molar-refractivity contribution >= 4 is 5.91 Å². The van der Waals surface area contributed by atoms with Crippen molar-refractivity contribution in [3.8, 4) is 22.9 Å². The van der Waals surface area contributed by atoms with E-state index in [0.29, 0.717) is 36.0 Å². The Kier molecular flexibility index (Phi) is 5.88. The first kappa shape index (κ1) is 19.3. The predicted molar refractivity (Wildman–Crippen MR) is 104 cm³/mol. The first-order valence-electron chi connectivity index (χ1n) is 8.92. The largest absolute Gasteiger partial charge is 0.493 e. The zero-order valence-corrected chi connectivity index (χ0v) is 16.4. The Morgan fingerprint density at radius 1 is 1.18 bits per heavy atom. The Hall–Kier alpha value is -3.42. The molecular formula is C20H23N5O3. The van der Waals surface area contributed by atoms with E-state index in [4.69, 9.17) is 9.47 Å². The van der Waals surface area contributed by atoms with Crippen molar-refractivity contribution in [3.63, 3.8) is 0 Å². The monoisotopic (exact) mass is 381 g/mol. The van der Waals surface area contributed by atoms with Crippen LogP contribution in [0.4, 0.5) is 0 Å². The molecule has 3 aromatic rings. The summed E-state index contributed by atoms with van der Waals surface area (Å²) in [5, 5.41) is 12.0. The second kappa shape index (κ2) is 8.51. The first-order chi connectivity index (χ1) is 13.5. The highest BCUT2D eigenvalue weighted by Gasteiger charge is 2.17. The molecule has 146 valence electrons. The third-order valence-electron chi connectivity index (χ3n) is 4.22. The lowest BCUT2D eigenvalue weighted by atomic mass is 10.1. The van der Waals surface area contributed by atoms with Gasteiger partial charge in [-0.2, -0.15) is 4.80 Å². The summed E-state index contributed by atoms with van der Waals surface area (Å²) in [7, 11) is 5.07. The highest BCUT2D eigenvalue weighted by Crippen LogP contribution is 2.32. The van der Waals surface area contributed by atoms with E-state index in [1.165, 1.54) is 4.80 Å². The summed E-state index contributed by atoms with van der Waals surface area (Å²) in [5.41, 5.74) is 2.27. The van der Waals surface area contributed by atoms with Gasteiger partial charge in [-0.15, -0.1) is 10.2 Å². The smallest absolute Gasteiger partial charge is 0.253 e. The third kappa shape index (κ3) is 4.11. The highest BCUT2D eigenvalue weighted by molar-refractivity contribution is 5.94. The number of tetrazole rings is 1. The molecular weight excluding hydrogens is 358 g/mol. The van der Waals surface area contributed by atoms with Crippen LogP contribution >= 0.6 is 0 Å². The topological polar surface area (TPSA) is 82.4 Å². The van der Waals surface area contributed by atoms with Crippen molar-refractivity contribution in [2.24, 2.45) is 7.05 Å². The van der Waals surface area contributed by atoms with Crippen LogP contribution in [0.1, 0.15) is 22.8 Å². The number of carbonyl (C=O) groups is 1. The maximum absolute atomic E-state index is 12.8. The molecule has 0 unspecified atom stereocenters. The second-order valence-corrected chi connectivity index (χ2v) is 6.22. The predicted octanol–water partition coefficient (Wildman–Crippen LogP) is 2.56. The van der Waals surface area contributed by atoms with Gasteiger partial charge < -0.3 is 14.4 Å². The maximum Gasteiger partial charge on any atom is 0.253 e. The molecule has 8 heteroatoms. The van der Waals surface area contributed by atoms with Gasteiger partial charge in [0.15, 0.2) is 11.5 Å². The number of benzene rings is 2. The van der Waals surface area contributed by atoms with Crippen LogP contribution in [0.3, 0.4) is 0 Å². The highest BCUT2D eigenvalue weighted by atomic mass is 16.5. The van der Waals surface area contributed by atoms with Gasteiger partial charge in [0.2, 0.25) is 5.82 Å². The van der Waals surface area contributed by atoms with Crippen LogP contribution in [0.25, 0.3) is 11.4 Å². The van der Waals surface area contributed by atoms with E-state index in [1.54, 1.807) is 38.2 Å². The number of aromatic nitrogens is 4. The van der Waals surface area contributed by atoms with Gasteiger partial charge >= 0.3 is 0 Å². The van der Waals surface area contributed by atoms with Crippen LogP contribution in [0.5, 0.6) is 11.5 Å². The molecule has 0 atom stereocenters. The van der Waals surface area contributed by atoms with Crippen molar-refractivity contribution in [2.45, 2.75) is 13.5 Å². The summed E-state index contributed by atoms with van der Waals surface area (Å²) >= 11 is 0. The van der Waals surface area contributed by atoms with E-state index in [2.05, 4.69) is 15.4 Å². The summed E-state index contributed by atoms with van der Waals surface area (Å²) in [6.45, 7) is 2.83. The van der Waals surface area contributed by atoms with Crippen molar-refractivity contribution in [1.29, 1.82) is 0 Å². The number of ether oxygens (including phenoxy) is 2. The molecule has 28 heavy (non-hydrogen) atoms. The fourth-order valence-corrected chi connectivity index (χ4v) is 2.86. The number of para-hydroxylation sites is 1. The van der Waals surface area contributed by atoms with Crippen LogP contribution in [0.2, 0.25) is 0 Å². The normalized spacial score (nSPS) is 10.6. The van der Waals surface area contributed by atoms with E-state index >= 15 is 0 Å². The Bertz CT molecular complexity index is 953. The minimum Gasteiger partial charge on any atom is -0.493 e. The molecule has 0 aliphatic carbocycles. The van der Waals surface area contributed by atoms with Crippen LogP contribution in [-0.4, -0.2) is 51.8 Å². The van der Waals surface area contributed by atoms with Crippen molar-refractivity contribution in [1.82, 2.24) is 25.1 Å². The van der Waals surface area contributed by atoms with E-state index in [1.807, 2.05) is 37.3 Å². The molecule has 1 aromatic heterocycles. The van der Waals surface area contributed by atoms with E-state index < -0.39 is 0 Å². The quantitative estimate of drug-likeness (QED) is 0.626. The number of carbonyl (C=O) groups excluding carboxylic acids is 1. The summed E-state index contributed by atoms with van der Waals surface area (Å²) in [4.78, 5) is 15.9. The molecule has 0 aliphatic heterocycles. The third-order valence-corrected chi connectivity index (χ3v) is 4.22. The van der Waals surface area contributed by atoms with Crippen molar-refractivity contribution in [3.05, 3.63) is 53.6 Å². The number of methoxy groups -OCH3 is 1. The van der Waals surface area contributed by atoms with E-state index in [9.17, 15) is 4.79 Å². The average molecular weight is 381 g/mol. The molecule has 0 fully saturated rings. The summed E-state index contributed by atoms with van der Waals surface area (Å²) in [6, 6.07) is 12.8. The van der Waals surface area contributed by atoms with Crippen LogP contribution in [-0.2, 0) is 13.6 Å². The molecule has 1 heterocycles. The van der Waals surface area contributed by atoms with Gasteiger partial charge in [0.25, 0.3) is 5.91 Å². The van der Waals surface area contributed by atoms with Gasteiger partial charge in [-0.25, -0.2) is 0 Å². The molecule has 8 nitrogen and oxygen atoms in total. The lowest BCUT2D eigenvalue weighted by Crippen LogP contribution is -2.26. The molecule has 3 rings (SSSR count).